The molecule has 0 aromatic carbocycles. The molecule has 1 atom stereocenters. The normalized spacial score (nSPS) is 13.9. The highest BCUT2D eigenvalue weighted by molar-refractivity contribution is 5.23. The van der Waals surface area contributed by atoms with Crippen molar-refractivity contribution < 1.29 is 13.2 Å². The molecule has 0 fully saturated rings. The van der Waals surface area contributed by atoms with Crippen molar-refractivity contribution >= 4 is 0 Å². The predicted octanol–water partition coefficient (Wildman–Crippen LogP) is 2.91. The molecule has 1 N–H and O–H groups in total. The van der Waals surface area contributed by atoms with E-state index in [1.165, 1.54) is 0 Å². The molecule has 5 heteroatoms. The van der Waals surface area contributed by atoms with Gasteiger partial charge in [-0.2, -0.15) is 13.2 Å². The van der Waals surface area contributed by atoms with Crippen LogP contribution >= 0.6 is 0 Å². The fourth-order valence-electron chi connectivity index (χ4n) is 1.25. The number of nitrogens with one attached hydrogen (secondary N) is 1. The maximum atomic E-state index is 12.3. The van der Waals surface area contributed by atoms with E-state index >= 15 is 0 Å². The lowest BCUT2D eigenvalue weighted by Crippen LogP contribution is -2.18. The number of rotatable bonds is 2. The SMILES string of the molecule is CCC(C)c1cc(C(F)(F)F)c[nH]c1=O. The van der Waals surface area contributed by atoms with Crippen molar-refractivity contribution in [2.24, 2.45) is 0 Å². The third kappa shape index (κ3) is 2.61. The van der Waals surface area contributed by atoms with Crippen molar-refractivity contribution in [1.29, 1.82) is 0 Å². The summed E-state index contributed by atoms with van der Waals surface area (Å²) in [6.45, 7) is 3.55. The highest BCUT2D eigenvalue weighted by Gasteiger charge is 2.31. The fourth-order valence-corrected chi connectivity index (χ4v) is 1.25. The van der Waals surface area contributed by atoms with Crippen molar-refractivity contribution in [1.82, 2.24) is 4.98 Å². The quantitative estimate of drug-likeness (QED) is 0.815. The zero-order chi connectivity index (χ0) is 11.6. The lowest BCUT2D eigenvalue weighted by atomic mass is 9.99. The molecule has 0 spiro atoms. The number of aromatic amines is 1. The molecule has 0 radical (unpaired) electrons. The van der Waals surface area contributed by atoms with Gasteiger partial charge in [0.05, 0.1) is 5.56 Å². The van der Waals surface area contributed by atoms with Crippen molar-refractivity contribution in [3.63, 3.8) is 0 Å². The summed E-state index contributed by atoms with van der Waals surface area (Å²) in [6.07, 6.45) is -3.08. The van der Waals surface area contributed by atoms with Gasteiger partial charge < -0.3 is 4.98 Å². The Balaban J connectivity index is 3.23. The first-order chi connectivity index (χ1) is 6.86. The molecule has 0 saturated heterocycles. The van der Waals surface area contributed by atoms with E-state index in [2.05, 4.69) is 4.98 Å². The number of hydrogen-bond acceptors (Lipinski definition) is 1. The van der Waals surface area contributed by atoms with Crippen LogP contribution in [-0.4, -0.2) is 4.98 Å². The summed E-state index contributed by atoms with van der Waals surface area (Å²) < 4.78 is 37.0. The first-order valence-corrected chi connectivity index (χ1v) is 4.66. The fraction of sp³-hybridized carbons (Fsp3) is 0.500. The molecule has 0 amide bonds. The van der Waals surface area contributed by atoms with E-state index in [1.54, 1.807) is 6.92 Å². The molecule has 2 nitrogen and oxygen atoms in total. The first-order valence-electron chi connectivity index (χ1n) is 4.66. The minimum Gasteiger partial charge on any atom is -0.328 e. The molecular formula is C10H12F3NO. The second kappa shape index (κ2) is 4.08. The maximum absolute atomic E-state index is 12.3. The van der Waals surface area contributed by atoms with Gasteiger partial charge in [-0.25, -0.2) is 0 Å². The number of pyridine rings is 1. The Morgan fingerprint density at radius 3 is 2.53 bits per heavy atom. The van der Waals surface area contributed by atoms with E-state index in [0.717, 1.165) is 6.07 Å². The van der Waals surface area contributed by atoms with Gasteiger partial charge in [-0.15, -0.1) is 0 Å². The molecule has 1 aromatic rings. The largest absolute Gasteiger partial charge is 0.417 e. The van der Waals surface area contributed by atoms with Gasteiger partial charge in [0.25, 0.3) is 5.56 Å². The Hall–Kier alpha value is -1.26. The van der Waals surface area contributed by atoms with Gasteiger partial charge in [0, 0.05) is 11.8 Å². The van der Waals surface area contributed by atoms with Crippen LogP contribution in [0.4, 0.5) is 13.2 Å². The van der Waals surface area contributed by atoms with Gasteiger partial charge in [0.2, 0.25) is 0 Å². The maximum Gasteiger partial charge on any atom is 0.417 e. The van der Waals surface area contributed by atoms with Gasteiger partial charge in [0.15, 0.2) is 0 Å². The number of halogens is 3. The van der Waals surface area contributed by atoms with E-state index in [-0.39, 0.29) is 11.5 Å². The summed E-state index contributed by atoms with van der Waals surface area (Å²) in [6, 6.07) is 0.924. The topological polar surface area (TPSA) is 32.9 Å². The summed E-state index contributed by atoms with van der Waals surface area (Å²) in [4.78, 5) is 13.4. The summed E-state index contributed by atoms with van der Waals surface area (Å²) in [5.41, 5.74) is -1.07. The number of aromatic nitrogens is 1. The Bertz CT molecular complexity index is 394. The smallest absolute Gasteiger partial charge is 0.328 e. The van der Waals surface area contributed by atoms with Crippen LogP contribution in [-0.2, 0) is 6.18 Å². The molecule has 1 heterocycles. The van der Waals surface area contributed by atoms with Crippen molar-refractivity contribution in [2.75, 3.05) is 0 Å². The predicted molar refractivity (Wildman–Crippen MR) is 50.8 cm³/mol. The first kappa shape index (κ1) is 11.8. The van der Waals surface area contributed by atoms with Gasteiger partial charge in [0.1, 0.15) is 0 Å². The molecule has 0 aliphatic rings. The molecule has 0 aliphatic heterocycles. The lowest BCUT2D eigenvalue weighted by Gasteiger charge is -2.11. The average molecular weight is 219 g/mol. The highest BCUT2D eigenvalue weighted by atomic mass is 19.4. The molecule has 0 bridgehead atoms. The third-order valence-corrected chi connectivity index (χ3v) is 2.40. The Morgan fingerprint density at radius 2 is 2.07 bits per heavy atom. The summed E-state index contributed by atoms with van der Waals surface area (Å²) >= 11 is 0. The molecule has 1 rings (SSSR count). The number of hydrogen-bond donors (Lipinski definition) is 1. The molecule has 0 aliphatic carbocycles. The van der Waals surface area contributed by atoms with E-state index in [1.807, 2.05) is 6.92 Å². The summed E-state index contributed by atoms with van der Waals surface area (Å²) in [7, 11) is 0. The Morgan fingerprint density at radius 1 is 1.47 bits per heavy atom. The molecular weight excluding hydrogens is 207 g/mol. The van der Waals surface area contributed by atoms with Crippen LogP contribution in [0, 0.1) is 0 Å². The molecule has 1 unspecified atom stereocenters. The van der Waals surface area contributed by atoms with Crippen LogP contribution in [0.15, 0.2) is 17.1 Å². The van der Waals surface area contributed by atoms with Gasteiger partial charge in [-0.1, -0.05) is 13.8 Å². The number of alkyl halides is 3. The highest BCUT2D eigenvalue weighted by Crippen LogP contribution is 2.29. The molecule has 1 aromatic heterocycles. The van der Waals surface area contributed by atoms with Crippen molar-refractivity contribution in [3.8, 4) is 0 Å². The van der Waals surface area contributed by atoms with Gasteiger partial charge >= 0.3 is 6.18 Å². The summed E-state index contributed by atoms with van der Waals surface area (Å²) in [5.74, 6) is -0.170. The minimum atomic E-state index is -4.41. The van der Waals surface area contributed by atoms with E-state index < -0.39 is 17.3 Å². The minimum absolute atomic E-state index is 0.170. The van der Waals surface area contributed by atoms with Crippen LogP contribution in [0.5, 0.6) is 0 Å². The average Bonchev–Trinajstić information content (AvgIpc) is 2.15. The summed E-state index contributed by atoms with van der Waals surface area (Å²) in [5, 5.41) is 0. The molecule has 0 saturated carbocycles. The lowest BCUT2D eigenvalue weighted by molar-refractivity contribution is -0.137. The van der Waals surface area contributed by atoms with Crippen LogP contribution < -0.4 is 5.56 Å². The Labute approximate surface area is 85.1 Å². The second-order valence-corrected chi connectivity index (χ2v) is 3.48. The van der Waals surface area contributed by atoms with Crippen molar-refractivity contribution in [2.45, 2.75) is 32.4 Å². The zero-order valence-corrected chi connectivity index (χ0v) is 8.48. The second-order valence-electron chi connectivity index (χ2n) is 3.48. The van der Waals surface area contributed by atoms with Crippen LogP contribution in [0.1, 0.15) is 37.3 Å². The van der Waals surface area contributed by atoms with Crippen LogP contribution in [0.2, 0.25) is 0 Å². The monoisotopic (exact) mass is 219 g/mol. The van der Waals surface area contributed by atoms with Gasteiger partial charge in [-0.3, -0.25) is 4.79 Å². The van der Waals surface area contributed by atoms with E-state index in [0.29, 0.717) is 12.6 Å². The van der Waals surface area contributed by atoms with Crippen LogP contribution in [0.25, 0.3) is 0 Å². The Kier molecular flexibility index (Phi) is 3.21. The van der Waals surface area contributed by atoms with Crippen LogP contribution in [0.3, 0.4) is 0 Å². The molecule has 84 valence electrons. The zero-order valence-electron chi connectivity index (χ0n) is 8.48. The van der Waals surface area contributed by atoms with E-state index in [9.17, 15) is 18.0 Å². The van der Waals surface area contributed by atoms with Gasteiger partial charge in [-0.05, 0) is 18.4 Å². The van der Waals surface area contributed by atoms with Crippen molar-refractivity contribution in [3.05, 3.63) is 33.7 Å². The standard InChI is InChI=1S/C10H12F3NO/c1-3-6(2)8-4-7(10(11,12)13)5-14-9(8)15/h4-6H,3H2,1-2H3,(H,14,15). The van der Waals surface area contributed by atoms with E-state index in [4.69, 9.17) is 0 Å². The number of H-pyrrole nitrogens is 1. The third-order valence-electron chi connectivity index (χ3n) is 2.40. The molecule has 15 heavy (non-hydrogen) atoms.